The summed E-state index contributed by atoms with van der Waals surface area (Å²) < 4.78 is 0. The monoisotopic (exact) mass is 267 g/mol. The SMILES string of the molecule is CCc1cc(CC)cc(-c2cc(CC)nc(CC)c2)c1. The van der Waals surface area contributed by atoms with E-state index in [0.717, 1.165) is 25.7 Å². The summed E-state index contributed by atoms with van der Waals surface area (Å²) >= 11 is 0. The van der Waals surface area contributed by atoms with Gasteiger partial charge in [0.1, 0.15) is 0 Å². The van der Waals surface area contributed by atoms with Crippen LogP contribution in [0.25, 0.3) is 11.1 Å². The van der Waals surface area contributed by atoms with Crippen LogP contribution in [0.1, 0.15) is 50.2 Å². The standard InChI is InChI=1S/C19H25N/c1-5-14-9-15(6-2)11-16(10-14)17-12-18(7-3)20-19(8-4)13-17/h9-13H,5-8H2,1-4H3. The molecule has 1 heteroatoms. The van der Waals surface area contributed by atoms with Crippen LogP contribution in [0.15, 0.2) is 30.3 Å². The molecule has 0 N–H and O–H groups in total. The van der Waals surface area contributed by atoms with Crippen molar-refractivity contribution in [3.8, 4) is 11.1 Å². The van der Waals surface area contributed by atoms with Gasteiger partial charge in [-0.3, -0.25) is 4.98 Å². The first kappa shape index (κ1) is 14.8. The summed E-state index contributed by atoms with van der Waals surface area (Å²) in [5.74, 6) is 0. The number of benzene rings is 1. The first-order chi connectivity index (χ1) is 9.69. The molecular weight excluding hydrogens is 242 g/mol. The van der Waals surface area contributed by atoms with Crippen molar-refractivity contribution in [2.75, 3.05) is 0 Å². The van der Waals surface area contributed by atoms with Crippen molar-refractivity contribution >= 4 is 0 Å². The molecule has 0 atom stereocenters. The van der Waals surface area contributed by atoms with Gasteiger partial charge in [-0.05, 0) is 60.1 Å². The van der Waals surface area contributed by atoms with E-state index in [1.54, 1.807) is 0 Å². The summed E-state index contributed by atoms with van der Waals surface area (Å²) in [5, 5.41) is 0. The molecule has 0 radical (unpaired) electrons. The van der Waals surface area contributed by atoms with E-state index in [9.17, 15) is 0 Å². The maximum atomic E-state index is 4.68. The number of rotatable bonds is 5. The molecule has 2 rings (SSSR count). The van der Waals surface area contributed by atoms with Crippen molar-refractivity contribution in [3.63, 3.8) is 0 Å². The minimum absolute atomic E-state index is 0.995. The van der Waals surface area contributed by atoms with Gasteiger partial charge < -0.3 is 0 Å². The number of pyridine rings is 1. The lowest BCUT2D eigenvalue weighted by atomic mass is 9.97. The summed E-state index contributed by atoms with van der Waals surface area (Å²) in [7, 11) is 0. The maximum Gasteiger partial charge on any atom is 0.0410 e. The Kier molecular flexibility index (Phi) is 4.94. The second kappa shape index (κ2) is 6.69. The third kappa shape index (κ3) is 3.27. The summed E-state index contributed by atoms with van der Waals surface area (Å²) in [6.07, 6.45) is 4.17. The first-order valence-corrected chi connectivity index (χ1v) is 7.83. The number of nitrogens with zero attached hydrogens (tertiary/aromatic N) is 1. The Morgan fingerprint density at radius 3 is 1.45 bits per heavy atom. The Morgan fingerprint density at radius 1 is 0.600 bits per heavy atom. The van der Waals surface area contributed by atoms with Gasteiger partial charge >= 0.3 is 0 Å². The average Bonchev–Trinajstić information content (AvgIpc) is 2.53. The summed E-state index contributed by atoms with van der Waals surface area (Å²) in [6.45, 7) is 8.79. The van der Waals surface area contributed by atoms with Gasteiger partial charge in [0.2, 0.25) is 0 Å². The highest BCUT2D eigenvalue weighted by Crippen LogP contribution is 2.25. The van der Waals surface area contributed by atoms with Crippen LogP contribution < -0.4 is 0 Å². The molecule has 0 bridgehead atoms. The Balaban J connectivity index is 2.54. The lowest BCUT2D eigenvalue weighted by Crippen LogP contribution is -1.96. The van der Waals surface area contributed by atoms with Crippen molar-refractivity contribution < 1.29 is 0 Å². The quantitative estimate of drug-likeness (QED) is 0.743. The van der Waals surface area contributed by atoms with Crippen LogP contribution in [0.2, 0.25) is 0 Å². The molecule has 2 aromatic rings. The molecule has 20 heavy (non-hydrogen) atoms. The molecule has 0 fully saturated rings. The summed E-state index contributed by atoms with van der Waals surface area (Å²) in [4.78, 5) is 4.68. The van der Waals surface area contributed by atoms with Crippen LogP contribution >= 0.6 is 0 Å². The van der Waals surface area contributed by atoms with Gasteiger partial charge in [0.05, 0.1) is 0 Å². The van der Waals surface area contributed by atoms with Crippen molar-refractivity contribution in [3.05, 3.63) is 52.8 Å². The Hall–Kier alpha value is -1.63. The Morgan fingerprint density at radius 2 is 1.05 bits per heavy atom. The topological polar surface area (TPSA) is 12.9 Å². The van der Waals surface area contributed by atoms with E-state index in [0.29, 0.717) is 0 Å². The molecule has 0 aliphatic heterocycles. The van der Waals surface area contributed by atoms with Crippen LogP contribution in [0, 0.1) is 0 Å². The third-order valence-electron chi connectivity index (χ3n) is 3.86. The number of aromatic nitrogens is 1. The fraction of sp³-hybridized carbons (Fsp3) is 0.421. The lowest BCUT2D eigenvalue weighted by molar-refractivity contribution is 0.956. The normalized spacial score (nSPS) is 10.8. The maximum absolute atomic E-state index is 4.68. The van der Waals surface area contributed by atoms with Gasteiger partial charge in [-0.15, -0.1) is 0 Å². The fourth-order valence-electron chi connectivity index (χ4n) is 2.52. The minimum atomic E-state index is 0.995. The number of aryl methyl sites for hydroxylation is 4. The molecular formula is C19H25N. The van der Waals surface area contributed by atoms with Gasteiger partial charge in [-0.25, -0.2) is 0 Å². The largest absolute Gasteiger partial charge is 0.258 e. The average molecular weight is 267 g/mol. The van der Waals surface area contributed by atoms with Crippen molar-refractivity contribution in [2.24, 2.45) is 0 Å². The molecule has 0 saturated carbocycles. The van der Waals surface area contributed by atoms with E-state index < -0.39 is 0 Å². The van der Waals surface area contributed by atoms with E-state index in [2.05, 4.69) is 63.0 Å². The van der Waals surface area contributed by atoms with Gasteiger partial charge in [-0.1, -0.05) is 45.9 Å². The predicted octanol–water partition coefficient (Wildman–Crippen LogP) is 5.00. The smallest absolute Gasteiger partial charge is 0.0410 e. The van der Waals surface area contributed by atoms with Crippen LogP contribution in [0.3, 0.4) is 0 Å². The molecule has 0 aliphatic rings. The van der Waals surface area contributed by atoms with Gasteiger partial charge in [0.25, 0.3) is 0 Å². The van der Waals surface area contributed by atoms with Crippen molar-refractivity contribution in [1.29, 1.82) is 0 Å². The molecule has 0 spiro atoms. The molecule has 0 unspecified atom stereocenters. The summed E-state index contributed by atoms with van der Waals surface area (Å²) in [6, 6.07) is 11.5. The van der Waals surface area contributed by atoms with Crippen molar-refractivity contribution in [1.82, 2.24) is 4.98 Å². The van der Waals surface area contributed by atoms with E-state index in [1.807, 2.05) is 0 Å². The van der Waals surface area contributed by atoms with Crippen LogP contribution in [0.5, 0.6) is 0 Å². The van der Waals surface area contributed by atoms with Gasteiger partial charge in [0.15, 0.2) is 0 Å². The van der Waals surface area contributed by atoms with Crippen LogP contribution in [-0.2, 0) is 25.7 Å². The van der Waals surface area contributed by atoms with Gasteiger partial charge in [0, 0.05) is 11.4 Å². The van der Waals surface area contributed by atoms with Crippen LogP contribution in [0.4, 0.5) is 0 Å². The molecule has 1 heterocycles. The molecule has 0 amide bonds. The number of hydrogen-bond donors (Lipinski definition) is 0. The van der Waals surface area contributed by atoms with E-state index in [4.69, 9.17) is 0 Å². The van der Waals surface area contributed by atoms with E-state index in [1.165, 1.54) is 33.6 Å². The van der Waals surface area contributed by atoms with Crippen molar-refractivity contribution in [2.45, 2.75) is 53.4 Å². The highest BCUT2D eigenvalue weighted by atomic mass is 14.7. The Bertz CT molecular complexity index is 486. The third-order valence-corrected chi connectivity index (χ3v) is 3.86. The molecule has 0 aliphatic carbocycles. The Labute approximate surface area is 123 Å². The first-order valence-electron chi connectivity index (χ1n) is 7.83. The predicted molar refractivity (Wildman–Crippen MR) is 87.2 cm³/mol. The zero-order valence-electron chi connectivity index (χ0n) is 13.2. The van der Waals surface area contributed by atoms with Crippen LogP contribution in [-0.4, -0.2) is 4.98 Å². The molecule has 106 valence electrons. The summed E-state index contributed by atoms with van der Waals surface area (Å²) in [5.41, 5.74) is 7.89. The molecule has 1 nitrogen and oxygen atoms in total. The molecule has 1 aromatic heterocycles. The molecule has 0 saturated heterocycles. The second-order valence-electron chi connectivity index (χ2n) is 5.29. The fourth-order valence-corrected chi connectivity index (χ4v) is 2.52. The second-order valence-corrected chi connectivity index (χ2v) is 5.29. The highest BCUT2D eigenvalue weighted by Gasteiger charge is 2.06. The lowest BCUT2D eigenvalue weighted by Gasteiger charge is -2.11. The van der Waals surface area contributed by atoms with E-state index >= 15 is 0 Å². The van der Waals surface area contributed by atoms with E-state index in [-0.39, 0.29) is 0 Å². The number of hydrogen-bond acceptors (Lipinski definition) is 1. The molecule has 1 aromatic carbocycles. The van der Waals surface area contributed by atoms with Gasteiger partial charge in [-0.2, -0.15) is 0 Å². The highest BCUT2D eigenvalue weighted by molar-refractivity contribution is 5.66. The zero-order chi connectivity index (χ0) is 14.5. The minimum Gasteiger partial charge on any atom is -0.258 e. The zero-order valence-corrected chi connectivity index (χ0v) is 13.2.